The minimum atomic E-state index is 0.478. The molecule has 14 heavy (non-hydrogen) atoms. The second kappa shape index (κ2) is 4.11. The summed E-state index contributed by atoms with van der Waals surface area (Å²) in [4.78, 5) is 10.5. The van der Waals surface area contributed by atoms with Gasteiger partial charge in [-0.1, -0.05) is 11.6 Å². The van der Waals surface area contributed by atoms with E-state index < -0.39 is 0 Å². The molecule has 1 fully saturated rings. The standard InChI is InChI=1S/C9H13ClN4/c1-7-6-14(5-4-11-7)9-12-3-2-8(10)13-9/h2-3,7,11H,4-6H2,1H3/t7-/m1/s1. The van der Waals surface area contributed by atoms with Gasteiger partial charge in [-0.25, -0.2) is 9.97 Å². The van der Waals surface area contributed by atoms with E-state index in [0.29, 0.717) is 11.2 Å². The van der Waals surface area contributed by atoms with E-state index in [1.54, 1.807) is 12.3 Å². The van der Waals surface area contributed by atoms with Gasteiger partial charge in [0, 0.05) is 31.9 Å². The summed E-state index contributed by atoms with van der Waals surface area (Å²) in [7, 11) is 0. The van der Waals surface area contributed by atoms with Crippen LogP contribution in [0.3, 0.4) is 0 Å². The molecule has 1 saturated heterocycles. The van der Waals surface area contributed by atoms with Crippen LogP contribution in [0.5, 0.6) is 0 Å². The number of nitrogens with zero attached hydrogens (tertiary/aromatic N) is 3. The zero-order chi connectivity index (χ0) is 9.97. The number of rotatable bonds is 1. The van der Waals surface area contributed by atoms with Gasteiger partial charge < -0.3 is 10.2 Å². The number of anilines is 1. The summed E-state index contributed by atoms with van der Waals surface area (Å²) in [5.74, 6) is 0.728. The van der Waals surface area contributed by atoms with E-state index in [4.69, 9.17) is 11.6 Å². The van der Waals surface area contributed by atoms with Gasteiger partial charge >= 0.3 is 0 Å². The highest BCUT2D eigenvalue weighted by molar-refractivity contribution is 6.29. The van der Waals surface area contributed by atoms with Crippen LogP contribution in [0.4, 0.5) is 5.95 Å². The van der Waals surface area contributed by atoms with Crippen LogP contribution in [-0.4, -0.2) is 35.6 Å². The zero-order valence-electron chi connectivity index (χ0n) is 8.07. The van der Waals surface area contributed by atoms with Crippen molar-refractivity contribution in [1.29, 1.82) is 0 Å². The molecule has 0 saturated carbocycles. The molecule has 0 amide bonds. The maximum absolute atomic E-state index is 5.81. The molecule has 1 aliphatic rings. The maximum Gasteiger partial charge on any atom is 0.226 e. The lowest BCUT2D eigenvalue weighted by Gasteiger charge is -2.31. The summed E-state index contributed by atoms with van der Waals surface area (Å²) in [6.45, 7) is 4.98. The molecule has 2 heterocycles. The maximum atomic E-state index is 5.81. The third kappa shape index (κ3) is 2.13. The first-order valence-electron chi connectivity index (χ1n) is 4.72. The Balaban J connectivity index is 2.14. The van der Waals surface area contributed by atoms with Crippen molar-refractivity contribution in [2.24, 2.45) is 0 Å². The van der Waals surface area contributed by atoms with Crippen LogP contribution in [-0.2, 0) is 0 Å². The molecule has 0 aromatic carbocycles. The van der Waals surface area contributed by atoms with Crippen LogP contribution in [0, 0.1) is 0 Å². The van der Waals surface area contributed by atoms with Gasteiger partial charge in [0.1, 0.15) is 5.15 Å². The van der Waals surface area contributed by atoms with Gasteiger partial charge in [0.2, 0.25) is 5.95 Å². The predicted octanol–water partition coefficient (Wildman–Crippen LogP) is 0.928. The Hall–Kier alpha value is -0.870. The number of hydrogen-bond acceptors (Lipinski definition) is 4. The lowest BCUT2D eigenvalue weighted by Crippen LogP contribution is -2.49. The van der Waals surface area contributed by atoms with Gasteiger partial charge in [-0.2, -0.15) is 0 Å². The lowest BCUT2D eigenvalue weighted by molar-refractivity contribution is 0.479. The molecular formula is C9H13ClN4. The van der Waals surface area contributed by atoms with Gasteiger partial charge in [0.25, 0.3) is 0 Å². The average molecular weight is 213 g/mol. The van der Waals surface area contributed by atoms with E-state index in [-0.39, 0.29) is 0 Å². The fourth-order valence-corrected chi connectivity index (χ4v) is 1.73. The average Bonchev–Trinajstić information content (AvgIpc) is 2.18. The van der Waals surface area contributed by atoms with Gasteiger partial charge in [-0.15, -0.1) is 0 Å². The molecular weight excluding hydrogens is 200 g/mol. The molecule has 5 heteroatoms. The van der Waals surface area contributed by atoms with Crippen molar-refractivity contribution in [2.45, 2.75) is 13.0 Å². The fourth-order valence-electron chi connectivity index (χ4n) is 1.59. The Bertz CT molecular complexity index is 317. The molecule has 2 rings (SSSR count). The van der Waals surface area contributed by atoms with E-state index >= 15 is 0 Å². The minimum Gasteiger partial charge on any atom is -0.338 e. The Morgan fingerprint density at radius 2 is 2.50 bits per heavy atom. The third-order valence-corrected chi connectivity index (χ3v) is 2.47. The van der Waals surface area contributed by atoms with Gasteiger partial charge in [-0.05, 0) is 13.0 Å². The van der Waals surface area contributed by atoms with Crippen molar-refractivity contribution >= 4 is 17.5 Å². The molecule has 4 nitrogen and oxygen atoms in total. The second-order valence-electron chi connectivity index (χ2n) is 3.48. The topological polar surface area (TPSA) is 41.1 Å². The normalized spacial score (nSPS) is 22.4. The summed E-state index contributed by atoms with van der Waals surface area (Å²) in [5, 5.41) is 3.87. The van der Waals surface area contributed by atoms with Crippen LogP contribution >= 0.6 is 11.6 Å². The molecule has 0 unspecified atom stereocenters. The molecule has 1 aromatic rings. The molecule has 1 N–H and O–H groups in total. The van der Waals surface area contributed by atoms with Gasteiger partial charge in [0.05, 0.1) is 0 Å². The van der Waals surface area contributed by atoms with Crippen LogP contribution in [0.1, 0.15) is 6.92 Å². The van der Waals surface area contributed by atoms with Gasteiger partial charge in [0.15, 0.2) is 0 Å². The summed E-state index contributed by atoms with van der Waals surface area (Å²) < 4.78 is 0. The van der Waals surface area contributed by atoms with E-state index in [1.165, 1.54) is 0 Å². The fraction of sp³-hybridized carbons (Fsp3) is 0.556. The van der Waals surface area contributed by atoms with Crippen molar-refractivity contribution in [3.8, 4) is 0 Å². The number of nitrogens with one attached hydrogen (secondary N) is 1. The van der Waals surface area contributed by atoms with Gasteiger partial charge in [-0.3, -0.25) is 0 Å². The predicted molar refractivity (Wildman–Crippen MR) is 56.7 cm³/mol. The molecule has 0 radical (unpaired) electrons. The number of halogens is 1. The molecule has 0 aliphatic carbocycles. The quantitative estimate of drug-likeness (QED) is 0.704. The van der Waals surface area contributed by atoms with E-state index in [9.17, 15) is 0 Å². The third-order valence-electron chi connectivity index (χ3n) is 2.26. The summed E-state index contributed by atoms with van der Waals surface area (Å²) in [6.07, 6.45) is 1.69. The molecule has 1 aromatic heterocycles. The molecule has 76 valence electrons. The summed E-state index contributed by atoms with van der Waals surface area (Å²) >= 11 is 5.81. The van der Waals surface area contributed by atoms with Crippen molar-refractivity contribution < 1.29 is 0 Å². The van der Waals surface area contributed by atoms with Crippen LogP contribution in [0.25, 0.3) is 0 Å². The smallest absolute Gasteiger partial charge is 0.226 e. The van der Waals surface area contributed by atoms with E-state index in [2.05, 4.69) is 27.1 Å². The monoisotopic (exact) mass is 212 g/mol. The molecule has 1 atom stereocenters. The Kier molecular flexibility index (Phi) is 2.84. The van der Waals surface area contributed by atoms with Crippen LogP contribution in [0.15, 0.2) is 12.3 Å². The van der Waals surface area contributed by atoms with Crippen LogP contribution < -0.4 is 10.2 Å². The highest BCUT2D eigenvalue weighted by atomic mass is 35.5. The summed E-state index contributed by atoms with van der Waals surface area (Å²) in [5.41, 5.74) is 0. The van der Waals surface area contributed by atoms with Crippen molar-refractivity contribution in [3.05, 3.63) is 17.4 Å². The second-order valence-corrected chi connectivity index (χ2v) is 3.87. The minimum absolute atomic E-state index is 0.478. The first-order chi connectivity index (χ1) is 6.75. The summed E-state index contributed by atoms with van der Waals surface area (Å²) in [6, 6.07) is 2.17. The first kappa shape index (κ1) is 9.68. The highest BCUT2D eigenvalue weighted by Crippen LogP contribution is 2.12. The Labute approximate surface area is 88.3 Å². The Morgan fingerprint density at radius 3 is 3.21 bits per heavy atom. The molecule has 1 aliphatic heterocycles. The van der Waals surface area contributed by atoms with Crippen molar-refractivity contribution in [1.82, 2.24) is 15.3 Å². The SMILES string of the molecule is C[C@@H]1CN(c2nccc(Cl)n2)CCN1. The largest absolute Gasteiger partial charge is 0.338 e. The zero-order valence-corrected chi connectivity index (χ0v) is 8.83. The van der Waals surface area contributed by atoms with Crippen LogP contribution in [0.2, 0.25) is 5.15 Å². The number of aromatic nitrogens is 2. The van der Waals surface area contributed by atoms with E-state index in [1.807, 2.05) is 0 Å². The van der Waals surface area contributed by atoms with E-state index in [0.717, 1.165) is 25.6 Å². The number of piperazine rings is 1. The first-order valence-corrected chi connectivity index (χ1v) is 5.10. The Morgan fingerprint density at radius 1 is 1.64 bits per heavy atom. The molecule has 0 spiro atoms. The lowest BCUT2D eigenvalue weighted by atomic mass is 10.2. The van der Waals surface area contributed by atoms with Crippen molar-refractivity contribution in [3.63, 3.8) is 0 Å². The van der Waals surface area contributed by atoms with Crippen molar-refractivity contribution in [2.75, 3.05) is 24.5 Å². The number of hydrogen-bond donors (Lipinski definition) is 1. The highest BCUT2D eigenvalue weighted by Gasteiger charge is 2.17. The molecule has 0 bridgehead atoms.